The zero-order valence-corrected chi connectivity index (χ0v) is 11.9. The first kappa shape index (κ1) is 15.6. The largest absolute Gasteiger partial charge is 0.433 e. The number of rotatable bonds is 3. The normalized spacial score (nSPS) is 11.3. The maximum absolute atomic E-state index is 12.4. The summed E-state index contributed by atoms with van der Waals surface area (Å²) < 4.78 is 37.3. The summed E-state index contributed by atoms with van der Waals surface area (Å²) in [4.78, 5) is 15.3. The number of aromatic nitrogens is 5. The van der Waals surface area contributed by atoms with Crippen molar-refractivity contribution in [1.82, 2.24) is 25.6 Å². The lowest BCUT2D eigenvalue weighted by atomic mass is 10.2. The number of benzene rings is 1. The van der Waals surface area contributed by atoms with Crippen molar-refractivity contribution in [2.45, 2.75) is 6.18 Å². The maximum atomic E-state index is 12.4. The topological polar surface area (TPSA) is 96.5 Å². The molecule has 0 atom stereocenters. The van der Waals surface area contributed by atoms with Gasteiger partial charge in [0.1, 0.15) is 5.69 Å². The van der Waals surface area contributed by atoms with E-state index in [2.05, 4.69) is 30.9 Å². The Labute approximate surface area is 132 Å². The van der Waals surface area contributed by atoms with E-state index in [0.717, 1.165) is 18.3 Å². The Morgan fingerprint density at radius 3 is 2.38 bits per heavy atom. The standard InChI is InChI=1S/C14H9F3N6O/c15-14(16,17)11-6-3-9(7-18-11)13(24)19-10-4-1-8(2-5-10)12-20-22-23-21-12/h1-7H,(H,19,24)(H,20,21,22,23). The smallest absolute Gasteiger partial charge is 0.322 e. The summed E-state index contributed by atoms with van der Waals surface area (Å²) in [6, 6.07) is 8.40. The molecule has 0 spiro atoms. The third kappa shape index (κ3) is 3.37. The second kappa shape index (κ2) is 6.07. The lowest BCUT2D eigenvalue weighted by Gasteiger charge is -2.08. The highest BCUT2D eigenvalue weighted by Crippen LogP contribution is 2.27. The summed E-state index contributed by atoms with van der Waals surface area (Å²) in [5.41, 5.74) is 0.124. The van der Waals surface area contributed by atoms with Crippen LogP contribution in [0.3, 0.4) is 0 Å². The van der Waals surface area contributed by atoms with Gasteiger partial charge in [0, 0.05) is 17.4 Å². The summed E-state index contributed by atoms with van der Waals surface area (Å²) >= 11 is 0. The zero-order chi connectivity index (χ0) is 17.2. The Morgan fingerprint density at radius 2 is 1.83 bits per heavy atom. The summed E-state index contributed by atoms with van der Waals surface area (Å²) in [6.45, 7) is 0. The fourth-order valence-corrected chi connectivity index (χ4v) is 1.89. The molecule has 122 valence electrons. The molecule has 0 unspecified atom stereocenters. The molecule has 1 amide bonds. The molecule has 0 saturated carbocycles. The van der Waals surface area contributed by atoms with Gasteiger partial charge in [-0.2, -0.15) is 18.4 Å². The zero-order valence-electron chi connectivity index (χ0n) is 11.9. The Balaban J connectivity index is 1.70. The third-order valence-corrected chi connectivity index (χ3v) is 3.06. The van der Waals surface area contributed by atoms with E-state index >= 15 is 0 Å². The number of pyridine rings is 1. The summed E-state index contributed by atoms with van der Waals surface area (Å²) in [5, 5.41) is 16.0. The summed E-state index contributed by atoms with van der Waals surface area (Å²) in [6.07, 6.45) is -3.66. The van der Waals surface area contributed by atoms with Crippen molar-refractivity contribution < 1.29 is 18.0 Å². The van der Waals surface area contributed by atoms with Gasteiger partial charge in [-0.15, -0.1) is 10.2 Å². The van der Waals surface area contributed by atoms with Crippen molar-refractivity contribution in [3.8, 4) is 11.4 Å². The number of carbonyl (C=O) groups is 1. The molecule has 7 nitrogen and oxygen atoms in total. The van der Waals surface area contributed by atoms with Crippen molar-refractivity contribution in [2.75, 3.05) is 5.32 Å². The highest BCUT2D eigenvalue weighted by molar-refractivity contribution is 6.04. The second-order valence-corrected chi connectivity index (χ2v) is 4.70. The first-order valence-electron chi connectivity index (χ1n) is 6.62. The van der Waals surface area contributed by atoms with Crippen molar-refractivity contribution in [3.05, 3.63) is 53.9 Å². The number of nitrogens with one attached hydrogen (secondary N) is 2. The van der Waals surface area contributed by atoms with Gasteiger partial charge in [-0.05, 0) is 41.6 Å². The molecule has 2 aromatic heterocycles. The van der Waals surface area contributed by atoms with Crippen LogP contribution in [0.1, 0.15) is 16.1 Å². The molecule has 0 bridgehead atoms. The number of halogens is 3. The van der Waals surface area contributed by atoms with Crippen molar-refractivity contribution >= 4 is 11.6 Å². The maximum Gasteiger partial charge on any atom is 0.433 e. The number of tetrazole rings is 1. The predicted molar refractivity (Wildman–Crippen MR) is 76.8 cm³/mol. The van der Waals surface area contributed by atoms with E-state index in [4.69, 9.17) is 0 Å². The Bertz CT molecular complexity index is 828. The van der Waals surface area contributed by atoms with E-state index in [1.165, 1.54) is 0 Å². The fraction of sp³-hybridized carbons (Fsp3) is 0.0714. The highest BCUT2D eigenvalue weighted by Gasteiger charge is 2.32. The minimum Gasteiger partial charge on any atom is -0.322 e. The molecule has 24 heavy (non-hydrogen) atoms. The van der Waals surface area contributed by atoms with Gasteiger partial charge in [-0.3, -0.25) is 9.78 Å². The number of alkyl halides is 3. The third-order valence-electron chi connectivity index (χ3n) is 3.06. The van der Waals surface area contributed by atoms with E-state index in [9.17, 15) is 18.0 Å². The Morgan fingerprint density at radius 1 is 1.08 bits per heavy atom. The van der Waals surface area contributed by atoms with Gasteiger partial charge in [0.2, 0.25) is 5.82 Å². The van der Waals surface area contributed by atoms with Crippen LogP contribution in [-0.2, 0) is 6.18 Å². The first-order chi connectivity index (χ1) is 11.4. The van der Waals surface area contributed by atoms with Crippen LogP contribution in [0.15, 0.2) is 42.6 Å². The van der Waals surface area contributed by atoms with Crippen LogP contribution in [0.5, 0.6) is 0 Å². The quantitative estimate of drug-likeness (QED) is 0.767. The minimum atomic E-state index is -4.54. The van der Waals surface area contributed by atoms with Crippen molar-refractivity contribution in [3.63, 3.8) is 0 Å². The molecule has 0 saturated heterocycles. The van der Waals surface area contributed by atoms with E-state index in [1.807, 2.05) is 0 Å². The van der Waals surface area contributed by atoms with Crippen LogP contribution >= 0.6 is 0 Å². The van der Waals surface area contributed by atoms with Gasteiger partial charge >= 0.3 is 6.18 Å². The van der Waals surface area contributed by atoms with Crippen LogP contribution in [0.2, 0.25) is 0 Å². The molecule has 0 aliphatic heterocycles. The number of anilines is 1. The molecule has 10 heteroatoms. The molecule has 0 radical (unpaired) electrons. The summed E-state index contributed by atoms with van der Waals surface area (Å²) in [7, 11) is 0. The number of hydrogen-bond donors (Lipinski definition) is 2. The molecule has 2 heterocycles. The second-order valence-electron chi connectivity index (χ2n) is 4.70. The molecule has 3 rings (SSSR count). The first-order valence-corrected chi connectivity index (χ1v) is 6.62. The Kier molecular flexibility index (Phi) is 3.94. The molecule has 0 aliphatic rings. The molecule has 3 aromatic rings. The van der Waals surface area contributed by atoms with Crippen LogP contribution in [0, 0.1) is 0 Å². The summed E-state index contributed by atoms with van der Waals surface area (Å²) in [5.74, 6) is -0.164. The van der Waals surface area contributed by atoms with Crippen LogP contribution in [0.25, 0.3) is 11.4 Å². The van der Waals surface area contributed by atoms with Gasteiger partial charge in [0.05, 0.1) is 5.56 Å². The van der Waals surface area contributed by atoms with E-state index in [1.54, 1.807) is 24.3 Å². The monoisotopic (exact) mass is 334 g/mol. The molecular formula is C14H9F3N6O. The van der Waals surface area contributed by atoms with Crippen molar-refractivity contribution in [2.24, 2.45) is 0 Å². The average Bonchev–Trinajstić information content (AvgIpc) is 3.09. The number of nitrogens with zero attached hydrogens (tertiary/aromatic N) is 4. The lowest BCUT2D eigenvalue weighted by molar-refractivity contribution is -0.141. The van der Waals surface area contributed by atoms with E-state index < -0.39 is 17.8 Å². The highest BCUT2D eigenvalue weighted by atomic mass is 19.4. The number of carbonyl (C=O) groups excluding carboxylic acids is 1. The van der Waals surface area contributed by atoms with Gasteiger partial charge in [0.25, 0.3) is 5.91 Å². The molecule has 2 N–H and O–H groups in total. The van der Waals surface area contributed by atoms with Crippen LogP contribution in [0.4, 0.5) is 18.9 Å². The number of amides is 1. The predicted octanol–water partition coefficient (Wildman–Crippen LogP) is 2.53. The van der Waals surface area contributed by atoms with Crippen molar-refractivity contribution in [1.29, 1.82) is 0 Å². The molecular weight excluding hydrogens is 325 g/mol. The van der Waals surface area contributed by atoms with Crippen LogP contribution in [-0.4, -0.2) is 31.5 Å². The van der Waals surface area contributed by atoms with Crippen LogP contribution < -0.4 is 5.32 Å². The van der Waals surface area contributed by atoms with Gasteiger partial charge in [0.15, 0.2) is 0 Å². The number of H-pyrrole nitrogens is 1. The van der Waals surface area contributed by atoms with E-state index in [-0.39, 0.29) is 5.56 Å². The molecule has 0 fully saturated rings. The van der Waals surface area contributed by atoms with E-state index in [0.29, 0.717) is 17.1 Å². The Hall–Kier alpha value is -3.30. The minimum absolute atomic E-state index is 0.0187. The molecule has 0 aliphatic carbocycles. The SMILES string of the molecule is O=C(Nc1ccc(-c2nn[nH]n2)cc1)c1ccc(C(F)(F)F)nc1. The number of aromatic amines is 1. The molecule has 1 aromatic carbocycles. The average molecular weight is 334 g/mol. The number of hydrogen-bond acceptors (Lipinski definition) is 5. The van der Waals surface area contributed by atoms with Gasteiger partial charge < -0.3 is 5.32 Å². The van der Waals surface area contributed by atoms with Gasteiger partial charge in [-0.1, -0.05) is 0 Å². The lowest BCUT2D eigenvalue weighted by Crippen LogP contribution is -2.14. The van der Waals surface area contributed by atoms with Gasteiger partial charge in [-0.25, -0.2) is 0 Å². The fourth-order valence-electron chi connectivity index (χ4n) is 1.89.